The number of hydrazone groups is 1. The number of pyridine rings is 1. The summed E-state index contributed by atoms with van der Waals surface area (Å²) in [6.07, 6.45) is 1.63. The lowest BCUT2D eigenvalue weighted by atomic mass is 10.3. The molecule has 0 bridgehead atoms. The molecule has 1 aliphatic rings. The first-order valence-corrected chi connectivity index (χ1v) is 5.56. The van der Waals surface area contributed by atoms with Crippen LogP contribution in [-0.4, -0.2) is 34.2 Å². The standard InChI is InChI=1S/C9H11ClN6O2/c10-8-2-1-7(3-12-8)4-15-6-11-5-13-9(15)14-16(17)18/h1-3,11H,4-6H2,(H,13,14). The van der Waals surface area contributed by atoms with E-state index in [-0.39, 0.29) is 5.96 Å². The second kappa shape index (κ2) is 5.61. The smallest absolute Gasteiger partial charge is 0.273 e. The normalized spacial score (nSPS) is 17.6. The maximum absolute atomic E-state index is 10.4. The first-order chi connectivity index (χ1) is 8.65. The third-order valence-electron chi connectivity index (χ3n) is 2.31. The fraction of sp³-hybridized carbons (Fsp3) is 0.333. The molecule has 1 fully saturated rings. The molecule has 0 spiro atoms. The Bertz CT molecular complexity index is 463. The van der Waals surface area contributed by atoms with E-state index in [0.29, 0.717) is 25.0 Å². The number of rotatable bonds is 3. The largest absolute Gasteiger partial charge is 0.338 e. The number of hydrogen-bond donors (Lipinski definition) is 2. The van der Waals surface area contributed by atoms with Crippen molar-refractivity contribution in [1.29, 1.82) is 0 Å². The molecular formula is C9H11ClN6O2. The van der Waals surface area contributed by atoms with E-state index in [0.717, 1.165) is 5.56 Å². The molecule has 0 aliphatic carbocycles. The third-order valence-corrected chi connectivity index (χ3v) is 2.54. The van der Waals surface area contributed by atoms with Gasteiger partial charge in [-0.25, -0.2) is 15.1 Å². The van der Waals surface area contributed by atoms with Crippen molar-refractivity contribution in [1.82, 2.24) is 20.5 Å². The molecule has 0 unspecified atom stereocenters. The summed E-state index contributed by atoms with van der Waals surface area (Å²) >= 11 is 5.69. The molecule has 2 rings (SSSR count). The third kappa shape index (κ3) is 3.28. The molecule has 0 amide bonds. The molecule has 96 valence electrons. The lowest BCUT2D eigenvalue weighted by molar-refractivity contribution is -0.486. The Kier molecular flexibility index (Phi) is 3.90. The molecule has 2 heterocycles. The van der Waals surface area contributed by atoms with Crippen LogP contribution in [0.15, 0.2) is 23.4 Å². The van der Waals surface area contributed by atoms with Crippen LogP contribution in [0.5, 0.6) is 0 Å². The molecule has 1 aliphatic heterocycles. The summed E-state index contributed by atoms with van der Waals surface area (Å²) in [5, 5.41) is 19.2. The molecule has 0 aromatic carbocycles. The zero-order valence-corrected chi connectivity index (χ0v) is 10.1. The zero-order chi connectivity index (χ0) is 13.0. The van der Waals surface area contributed by atoms with Gasteiger partial charge >= 0.3 is 0 Å². The lowest BCUT2D eigenvalue weighted by Gasteiger charge is -2.29. The van der Waals surface area contributed by atoms with Gasteiger partial charge in [-0.1, -0.05) is 17.7 Å². The highest BCUT2D eigenvalue weighted by Crippen LogP contribution is 2.08. The van der Waals surface area contributed by atoms with Crippen LogP contribution >= 0.6 is 11.6 Å². The van der Waals surface area contributed by atoms with Gasteiger partial charge in [0.1, 0.15) is 10.3 Å². The molecule has 8 nitrogen and oxygen atoms in total. The van der Waals surface area contributed by atoms with Crippen molar-refractivity contribution in [3.8, 4) is 0 Å². The summed E-state index contributed by atoms with van der Waals surface area (Å²) in [5.41, 5.74) is 0.890. The van der Waals surface area contributed by atoms with Crippen LogP contribution in [-0.2, 0) is 6.54 Å². The summed E-state index contributed by atoms with van der Waals surface area (Å²) < 4.78 is 0. The predicted molar refractivity (Wildman–Crippen MR) is 65.2 cm³/mol. The van der Waals surface area contributed by atoms with Crippen LogP contribution < -0.4 is 10.6 Å². The number of aromatic nitrogens is 1. The van der Waals surface area contributed by atoms with Crippen molar-refractivity contribution in [2.75, 3.05) is 13.3 Å². The van der Waals surface area contributed by atoms with Gasteiger partial charge in [0, 0.05) is 12.7 Å². The Hall–Kier alpha value is -1.93. The molecule has 2 N–H and O–H groups in total. The van der Waals surface area contributed by atoms with E-state index in [9.17, 15) is 10.1 Å². The van der Waals surface area contributed by atoms with E-state index in [2.05, 4.69) is 20.7 Å². The van der Waals surface area contributed by atoms with E-state index in [4.69, 9.17) is 11.6 Å². The van der Waals surface area contributed by atoms with Crippen molar-refractivity contribution in [2.24, 2.45) is 5.10 Å². The van der Waals surface area contributed by atoms with Crippen molar-refractivity contribution < 1.29 is 5.03 Å². The van der Waals surface area contributed by atoms with Crippen molar-refractivity contribution in [3.63, 3.8) is 0 Å². The number of nitro groups is 1. The van der Waals surface area contributed by atoms with Crippen molar-refractivity contribution in [3.05, 3.63) is 39.2 Å². The van der Waals surface area contributed by atoms with Crippen molar-refractivity contribution >= 4 is 17.6 Å². The summed E-state index contributed by atoms with van der Waals surface area (Å²) in [5.74, 6) is 0.230. The lowest BCUT2D eigenvalue weighted by Crippen LogP contribution is -2.54. The van der Waals surface area contributed by atoms with Gasteiger partial charge in [0.15, 0.2) is 5.03 Å². The molecule has 18 heavy (non-hydrogen) atoms. The maximum atomic E-state index is 10.4. The maximum Gasteiger partial charge on any atom is 0.273 e. The van der Waals surface area contributed by atoms with Gasteiger partial charge in [0.25, 0.3) is 5.96 Å². The van der Waals surface area contributed by atoms with Gasteiger partial charge in [-0.3, -0.25) is 5.32 Å². The van der Waals surface area contributed by atoms with Crippen LogP contribution in [0.2, 0.25) is 5.15 Å². The van der Waals surface area contributed by atoms with Gasteiger partial charge in [-0.05, 0) is 11.6 Å². The second-order valence-electron chi connectivity index (χ2n) is 3.61. The predicted octanol–water partition coefficient (Wildman–Crippen LogP) is 0.193. The summed E-state index contributed by atoms with van der Waals surface area (Å²) in [7, 11) is 0. The van der Waals surface area contributed by atoms with Gasteiger partial charge in [-0.15, -0.1) is 0 Å². The quantitative estimate of drug-likeness (QED) is 0.463. The number of nitrogens with zero attached hydrogens (tertiary/aromatic N) is 4. The summed E-state index contributed by atoms with van der Waals surface area (Å²) in [6, 6.07) is 3.49. The van der Waals surface area contributed by atoms with Crippen LogP contribution in [0, 0.1) is 10.1 Å². The minimum Gasteiger partial charge on any atom is -0.338 e. The van der Waals surface area contributed by atoms with Gasteiger partial charge in [0.05, 0.1) is 13.3 Å². The fourth-order valence-corrected chi connectivity index (χ4v) is 1.66. The van der Waals surface area contributed by atoms with E-state index in [1.165, 1.54) is 0 Å². The van der Waals surface area contributed by atoms with Gasteiger partial charge < -0.3 is 10.2 Å². The zero-order valence-electron chi connectivity index (χ0n) is 9.34. The van der Waals surface area contributed by atoms with E-state index in [1.807, 2.05) is 6.07 Å². The fourth-order valence-electron chi connectivity index (χ4n) is 1.55. The minimum absolute atomic E-state index is 0.230. The average molecular weight is 271 g/mol. The average Bonchev–Trinajstić information content (AvgIpc) is 2.34. The monoisotopic (exact) mass is 270 g/mol. The number of nitrogens with one attached hydrogen (secondary N) is 2. The molecular weight excluding hydrogens is 260 g/mol. The Labute approximate surface area is 108 Å². The SMILES string of the molecule is O=[N+]([O-])N=C1NCNCN1Cc1ccc(Cl)nc1. The minimum atomic E-state index is -0.721. The Morgan fingerprint density at radius 3 is 3.11 bits per heavy atom. The Morgan fingerprint density at radius 2 is 2.44 bits per heavy atom. The van der Waals surface area contributed by atoms with E-state index < -0.39 is 5.03 Å². The highest BCUT2D eigenvalue weighted by Gasteiger charge is 2.19. The van der Waals surface area contributed by atoms with Crippen LogP contribution in [0.3, 0.4) is 0 Å². The number of hydrogen-bond acceptors (Lipinski definition) is 4. The molecule has 0 atom stereocenters. The molecule has 0 radical (unpaired) electrons. The topological polar surface area (TPSA) is 95.7 Å². The highest BCUT2D eigenvalue weighted by molar-refractivity contribution is 6.29. The Morgan fingerprint density at radius 1 is 1.61 bits per heavy atom. The Balaban J connectivity index is 2.10. The molecule has 1 saturated heterocycles. The summed E-state index contributed by atoms with van der Waals surface area (Å²) in [4.78, 5) is 16.1. The first-order valence-electron chi connectivity index (χ1n) is 5.18. The summed E-state index contributed by atoms with van der Waals surface area (Å²) in [6.45, 7) is 1.38. The van der Waals surface area contributed by atoms with Crippen LogP contribution in [0.25, 0.3) is 0 Å². The molecule has 0 saturated carbocycles. The number of guanidine groups is 1. The van der Waals surface area contributed by atoms with Crippen LogP contribution in [0.4, 0.5) is 0 Å². The van der Waals surface area contributed by atoms with Crippen molar-refractivity contribution in [2.45, 2.75) is 6.54 Å². The highest BCUT2D eigenvalue weighted by atomic mass is 35.5. The van der Waals surface area contributed by atoms with E-state index >= 15 is 0 Å². The molecule has 9 heteroatoms. The number of halogens is 1. The van der Waals surface area contributed by atoms with Gasteiger partial charge in [0.2, 0.25) is 0 Å². The first kappa shape index (κ1) is 12.5. The molecule has 1 aromatic heterocycles. The second-order valence-corrected chi connectivity index (χ2v) is 4.00. The van der Waals surface area contributed by atoms with Crippen LogP contribution in [0.1, 0.15) is 5.56 Å². The van der Waals surface area contributed by atoms with E-state index in [1.54, 1.807) is 17.2 Å². The van der Waals surface area contributed by atoms with Gasteiger partial charge in [-0.2, -0.15) is 0 Å². The molecule has 1 aromatic rings.